The number of carboxylic acids is 1. The van der Waals surface area contributed by atoms with E-state index in [1.165, 1.54) is 11.0 Å². The largest absolute Gasteiger partial charge is 0.489 e. The van der Waals surface area contributed by atoms with Crippen molar-refractivity contribution < 1.29 is 33.0 Å². The molecule has 0 unspecified atom stereocenters. The highest BCUT2D eigenvalue weighted by Gasteiger charge is 2.34. The zero-order valence-electron chi connectivity index (χ0n) is 19.1. The summed E-state index contributed by atoms with van der Waals surface area (Å²) in [5, 5.41) is 18.0. The lowest BCUT2D eigenvalue weighted by Gasteiger charge is -2.21. The number of nitriles is 1. The Morgan fingerprint density at radius 1 is 1.06 bits per heavy atom. The molecular weight excluding hydrogens is 470 g/mol. The van der Waals surface area contributed by atoms with Crippen molar-refractivity contribution in [3.63, 3.8) is 0 Å². The molecular formula is C27H22F2N2O5. The first-order valence-electron chi connectivity index (χ1n) is 11.2. The molecule has 7 nitrogen and oxygen atoms in total. The summed E-state index contributed by atoms with van der Waals surface area (Å²) >= 11 is 0. The van der Waals surface area contributed by atoms with Crippen LogP contribution in [0.3, 0.4) is 0 Å². The fourth-order valence-corrected chi connectivity index (χ4v) is 4.08. The van der Waals surface area contributed by atoms with Crippen LogP contribution < -0.4 is 9.47 Å². The van der Waals surface area contributed by atoms with Crippen molar-refractivity contribution in [3.05, 3.63) is 83.4 Å². The molecule has 1 aliphatic heterocycles. The maximum Gasteiger partial charge on any atom is 0.326 e. The van der Waals surface area contributed by atoms with E-state index in [0.717, 1.165) is 11.6 Å². The molecule has 184 valence electrons. The summed E-state index contributed by atoms with van der Waals surface area (Å²) in [6.45, 7) is 0.171. The van der Waals surface area contributed by atoms with Gasteiger partial charge in [0, 0.05) is 12.1 Å². The second kappa shape index (κ2) is 10.9. The van der Waals surface area contributed by atoms with E-state index in [9.17, 15) is 23.5 Å². The number of hydrogen-bond acceptors (Lipinski definition) is 5. The van der Waals surface area contributed by atoms with Gasteiger partial charge in [0.1, 0.15) is 24.5 Å². The van der Waals surface area contributed by atoms with Gasteiger partial charge in [-0.3, -0.25) is 4.79 Å². The van der Waals surface area contributed by atoms with Crippen molar-refractivity contribution in [2.45, 2.75) is 25.5 Å². The second-order valence-corrected chi connectivity index (χ2v) is 8.23. The molecule has 0 bridgehead atoms. The summed E-state index contributed by atoms with van der Waals surface area (Å²) in [4.78, 5) is 25.6. The Bertz CT molecular complexity index is 1320. The van der Waals surface area contributed by atoms with Crippen LogP contribution in [-0.2, 0) is 11.4 Å². The number of likely N-dealkylation sites (tertiary alicyclic amines) is 1. The van der Waals surface area contributed by atoms with Gasteiger partial charge < -0.3 is 19.5 Å². The molecule has 0 saturated carbocycles. The molecule has 0 aromatic heterocycles. The minimum absolute atomic E-state index is 0.167. The van der Waals surface area contributed by atoms with Gasteiger partial charge in [0.25, 0.3) is 5.91 Å². The van der Waals surface area contributed by atoms with Crippen molar-refractivity contribution in [2.75, 3.05) is 13.2 Å². The van der Waals surface area contributed by atoms with Gasteiger partial charge in [-0.05, 0) is 65.9 Å². The maximum atomic E-state index is 14.0. The number of rotatable bonds is 8. The summed E-state index contributed by atoms with van der Waals surface area (Å²) in [6.07, 6.45) is 1.10. The van der Waals surface area contributed by atoms with Crippen molar-refractivity contribution in [2.24, 2.45) is 0 Å². The average Bonchev–Trinajstić information content (AvgIpc) is 3.39. The van der Waals surface area contributed by atoms with Crippen LogP contribution >= 0.6 is 0 Å². The van der Waals surface area contributed by atoms with Crippen LogP contribution in [0.4, 0.5) is 8.78 Å². The van der Waals surface area contributed by atoms with Gasteiger partial charge in [-0.15, -0.1) is 0 Å². The molecule has 0 spiro atoms. The number of carbonyl (C=O) groups is 2. The van der Waals surface area contributed by atoms with E-state index >= 15 is 0 Å². The summed E-state index contributed by atoms with van der Waals surface area (Å²) in [5.41, 5.74) is 2.10. The van der Waals surface area contributed by atoms with Crippen molar-refractivity contribution in [1.82, 2.24) is 4.90 Å². The molecule has 0 aliphatic carbocycles. The second-order valence-electron chi connectivity index (χ2n) is 8.23. The minimum atomic E-state index is -1.15. The van der Waals surface area contributed by atoms with Gasteiger partial charge in [-0.25, -0.2) is 9.18 Å². The van der Waals surface area contributed by atoms with Gasteiger partial charge in [0.15, 0.2) is 18.2 Å². The van der Waals surface area contributed by atoms with Crippen LogP contribution in [0.25, 0.3) is 11.1 Å². The predicted molar refractivity (Wildman–Crippen MR) is 125 cm³/mol. The number of halogens is 2. The van der Waals surface area contributed by atoms with E-state index in [1.807, 2.05) is 0 Å². The SMILES string of the molecule is N#CCOc1cc(-c2ccc(OCc3cccc(C(=O)N4CCC[C@H]4C(=O)O)c3)cc2)cc(F)c1F. The zero-order valence-corrected chi connectivity index (χ0v) is 19.1. The van der Waals surface area contributed by atoms with Crippen LogP contribution in [0.5, 0.6) is 11.5 Å². The number of nitrogens with zero attached hydrogens (tertiary/aromatic N) is 2. The Kier molecular flexibility index (Phi) is 7.44. The molecule has 1 saturated heterocycles. The van der Waals surface area contributed by atoms with E-state index in [2.05, 4.69) is 0 Å². The molecule has 1 amide bonds. The first kappa shape index (κ1) is 24.7. The Morgan fingerprint density at radius 2 is 1.83 bits per heavy atom. The van der Waals surface area contributed by atoms with Gasteiger partial charge in [-0.1, -0.05) is 24.3 Å². The Hall–Kier alpha value is -4.45. The fraction of sp³-hybridized carbons (Fsp3) is 0.222. The summed E-state index contributed by atoms with van der Waals surface area (Å²) in [5.74, 6) is -3.39. The standard InChI is InChI=1S/C27H22F2N2O5/c28-22-14-20(15-24(25(22)29)35-12-10-30)18-6-8-21(9-7-18)36-16-17-3-1-4-19(13-17)26(32)31-11-2-5-23(31)27(33)34/h1,3-4,6-9,13-15,23H,2,5,11-12,16H2,(H,33,34)/t23-/m0/s1. The normalized spacial score (nSPS) is 14.8. The number of carboxylic acid groups (broad SMARTS) is 1. The number of ether oxygens (including phenoxy) is 2. The van der Waals surface area contributed by atoms with E-state index < -0.39 is 30.3 Å². The van der Waals surface area contributed by atoms with Crippen molar-refractivity contribution in [1.29, 1.82) is 5.26 Å². The Morgan fingerprint density at radius 3 is 2.56 bits per heavy atom. The molecule has 1 aliphatic rings. The lowest BCUT2D eigenvalue weighted by atomic mass is 10.0. The molecule has 1 N–H and O–H groups in total. The molecule has 3 aromatic carbocycles. The number of aliphatic carboxylic acids is 1. The van der Waals surface area contributed by atoms with Crippen LogP contribution in [0, 0.1) is 23.0 Å². The molecule has 1 atom stereocenters. The van der Waals surface area contributed by atoms with Crippen LogP contribution in [0.1, 0.15) is 28.8 Å². The Balaban J connectivity index is 1.43. The van der Waals surface area contributed by atoms with Gasteiger partial charge in [0.05, 0.1) is 0 Å². The lowest BCUT2D eigenvalue weighted by Crippen LogP contribution is -2.40. The third-order valence-corrected chi connectivity index (χ3v) is 5.85. The van der Waals surface area contributed by atoms with Crippen molar-refractivity contribution in [3.8, 4) is 28.7 Å². The number of hydrogen-bond donors (Lipinski definition) is 1. The van der Waals surface area contributed by atoms with E-state index in [1.54, 1.807) is 54.6 Å². The van der Waals surface area contributed by atoms with Crippen LogP contribution in [-0.4, -0.2) is 41.1 Å². The molecule has 1 heterocycles. The summed E-state index contributed by atoms with van der Waals surface area (Å²) < 4.78 is 38.6. The summed E-state index contributed by atoms with van der Waals surface area (Å²) in [7, 11) is 0. The van der Waals surface area contributed by atoms with Crippen LogP contribution in [0.15, 0.2) is 60.7 Å². The highest BCUT2D eigenvalue weighted by molar-refractivity contribution is 5.97. The van der Waals surface area contributed by atoms with E-state index in [-0.39, 0.29) is 18.3 Å². The average molecular weight is 492 g/mol. The number of carbonyl (C=O) groups excluding carboxylic acids is 1. The molecule has 0 radical (unpaired) electrons. The monoisotopic (exact) mass is 492 g/mol. The highest BCUT2D eigenvalue weighted by atomic mass is 19.2. The highest BCUT2D eigenvalue weighted by Crippen LogP contribution is 2.30. The van der Waals surface area contributed by atoms with Crippen LogP contribution in [0.2, 0.25) is 0 Å². The Labute approximate surface area is 206 Å². The summed E-state index contributed by atoms with van der Waals surface area (Å²) in [6, 6.07) is 16.8. The van der Waals surface area contributed by atoms with Gasteiger partial charge in [-0.2, -0.15) is 9.65 Å². The number of amides is 1. The van der Waals surface area contributed by atoms with Gasteiger partial charge >= 0.3 is 5.97 Å². The fourth-order valence-electron chi connectivity index (χ4n) is 4.08. The minimum Gasteiger partial charge on any atom is -0.489 e. The van der Waals surface area contributed by atoms with E-state index in [0.29, 0.717) is 41.8 Å². The smallest absolute Gasteiger partial charge is 0.326 e. The lowest BCUT2D eigenvalue weighted by molar-refractivity contribution is -0.141. The van der Waals surface area contributed by atoms with E-state index in [4.69, 9.17) is 14.7 Å². The van der Waals surface area contributed by atoms with Crippen molar-refractivity contribution >= 4 is 11.9 Å². The molecule has 3 aromatic rings. The molecule has 9 heteroatoms. The topological polar surface area (TPSA) is 99.9 Å². The quantitative estimate of drug-likeness (QED) is 0.485. The molecule has 4 rings (SSSR count). The third kappa shape index (κ3) is 5.44. The maximum absolute atomic E-state index is 14.0. The zero-order chi connectivity index (χ0) is 25.7. The number of benzene rings is 3. The molecule has 36 heavy (non-hydrogen) atoms. The van der Waals surface area contributed by atoms with Gasteiger partial charge in [0.2, 0.25) is 5.82 Å². The third-order valence-electron chi connectivity index (χ3n) is 5.85. The first-order valence-corrected chi connectivity index (χ1v) is 11.2. The predicted octanol–water partition coefficient (Wildman–Crippen LogP) is 4.80. The molecule has 1 fully saturated rings. The first-order chi connectivity index (χ1) is 17.4.